The van der Waals surface area contributed by atoms with Crippen molar-refractivity contribution in [3.63, 3.8) is 0 Å². The number of allylic oxidation sites excluding steroid dienone is 2. The Morgan fingerprint density at radius 3 is 2.36 bits per heavy atom. The van der Waals surface area contributed by atoms with Crippen LogP contribution in [-0.2, 0) is 4.79 Å². The molecule has 0 spiro atoms. The predicted molar refractivity (Wildman–Crippen MR) is 109 cm³/mol. The quantitative estimate of drug-likeness (QED) is 0.601. The summed E-state index contributed by atoms with van der Waals surface area (Å²) in [4.78, 5) is 26.0. The van der Waals surface area contributed by atoms with Crippen LogP contribution in [0.25, 0.3) is 22.1 Å². The molecule has 3 heteroatoms. The summed E-state index contributed by atoms with van der Waals surface area (Å²) in [5, 5.41) is 0.918. The highest BCUT2D eigenvalue weighted by Gasteiger charge is 2.57. The summed E-state index contributed by atoms with van der Waals surface area (Å²) in [6, 6.07) is 19.2. The highest BCUT2D eigenvalue weighted by atomic mass is 16.4. The SMILES string of the molecule is O=C1C(c2ccccc2)=C(c2cc(=O)oc3ccccc23)[C@H]2[C@@H]3CC[C@@H](C3)[C@@H]12. The predicted octanol–water partition coefficient (Wildman–Crippen LogP) is 4.95. The van der Waals surface area contributed by atoms with Crippen molar-refractivity contribution in [1.29, 1.82) is 0 Å². The average Bonchev–Trinajstić information content (AvgIpc) is 3.40. The molecule has 0 saturated heterocycles. The average molecular weight is 368 g/mol. The standard InChI is InChI=1S/C25H20O3/c26-20-13-18(17-8-4-5-9-19(17)28-20)24-21-15-10-11-16(12-15)23(21)25(27)22(24)14-6-2-1-3-7-14/h1-9,13,15-16,21,23H,10-12H2/t15-,16+,21+,23-/m1/s1. The number of fused-ring (bicyclic) bond motifs is 6. The van der Waals surface area contributed by atoms with Crippen molar-refractivity contribution in [3.8, 4) is 0 Å². The number of benzene rings is 2. The normalized spacial score (nSPS) is 28.4. The van der Waals surface area contributed by atoms with Gasteiger partial charge < -0.3 is 4.42 Å². The summed E-state index contributed by atoms with van der Waals surface area (Å²) in [7, 11) is 0. The monoisotopic (exact) mass is 368 g/mol. The summed E-state index contributed by atoms with van der Waals surface area (Å²) in [6.07, 6.45) is 3.49. The Labute approximate surface area is 162 Å². The summed E-state index contributed by atoms with van der Waals surface area (Å²) in [5.74, 6) is 1.61. The Kier molecular flexibility index (Phi) is 3.31. The molecule has 1 heterocycles. The van der Waals surface area contributed by atoms with Crippen LogP contribution in [0, 0.1) is 23.7 Å². The Hall–Kier alpha value is -2.94. The molecular formula is C25H20O3. The van der Waals surface area contributed by atoms with Crippen molar-refractivity contribution in [1.82, 2.24) is 0 Å². The van der Waals surface area contributed by atoms with Crippen molar-refractivity contribution in [2.45, 2.75) is 19.3 Å². The van der Waals surface area contributed by atoms with Gasteiger partial charge >= 0.3 is 5.63 Å². The molecule has 28 heavy (non-hydrogen) atoms. The van der Waals surface area contributed by atoms with E-state index in [1.54, 1.807) is 6.07 Å². The summed E-state index contributed by atoms with van der Waals surface area (Å²) in [5.41, 5.74) is 3.99. The third-order valence-electron chi connectivity index (χ3n) is 7.07. The molecule has 2 bridgehead atoms. The number of Topliss-reactive ketones (excluding diaryl/α,β-unsaturated/α-hetero) is 1. The molecule has 3 aromatic rings. The molecule has 2 fully saturated rings. The van der Waals surface area contributed by atoms with Crippen molar-refractivity contribution >= 4 is 27.9 Å². The number of ketones is 1. The first-order chi connectivity index (χ1) is 13.7. The van der Waals surface area contributed by atoms with E-state index in [2.05, 4.69) is 0 Å². The first kappa shape index (κ1) is 16.1. The fourth-order valence-electron chi connectivity index (χ4n) is 6.10. The van der Waals surface area contributed by atoms with E-state index in [1.165, 1.54) is 6.42 Å². The molecule has 138 valence electrons. The molecule has 0 N–H and O–H groups in total. The first-order valence-electron chi connectivity index (χ1n) is 10.1. The van der Waals surface area contributed by atoms with E-state index in [0.717, 1.165) is 40.5 Å². The maximum Gasteiger partial charge on any atom is 0.336 e. The van der Waals surface area contributed by atoms with E-state index in [-0.39, 0.29) is 23.2 Å². The molecule has 3 aliphatic carbocycles. The zero-order valence-electron chi connectivity index (χ0n) is 15.4. The Morgan fingerprint density at radius 1 is 0.821 bits per heavy atom. The van der Waals surface area contributed by atoms with Crippen LogP contribution >= 0.6 is 0 Å². The summed E-state index contributed by atoms with van der Waals surface area (Å²) >= 11 is 0. The van der Waals surface area contributed by atoms with Gasteiger partial charge in [0.15, 0.2) is 5.78 Å². The van der Waals surface area contributed by atoms with E-state index >= 15 is 0 Å². The third kappa shape index (κ3) is 2.10. The van der Waals surface area contributed by atoms with Crippen LogP contribution in [0.1, 0.15) is 30.4 Å². The van der Waals surface area contributed by atoms with Gasteiger partial charge in [0.1, 0.15) is 5.58 Å². The molecule has 3 nitrogen and oxygen atoms in total. The number of hydrogen-bond donors (Lipinski definition) is 0. The molecule has 6 rings (SSSR count). The zero-order chi connectivity index (χ0) is 18.8. The van der Waals surface area contributed by atoms with Gasteiger partial charge in [0.05, 0.1) is 0 Å². The molecule has 4 atom stereocenters. The van der Waals surface area contributed by atoms with Gasteiger partial charge in [0, 0.05) is 22.9 Å². The molecule has 0 radical (unpaired) electrons. The van der Waals surface area contributed by atoms with Crippen LogP contribution in [0.3, 0.4) is 0 Å². The number of hydrogen-bond acceptors (Lipinski definition) is 3. The van der Waals surface area contributed by atoms with Gasteiger partial charge in [0.2, 0.25) is 0 Å². The Balaban J connectivity index is 1.70. The van der Waals surface area contributed by atoms with Crippen LogP contribution < -0.4 is 5.63 Å². The van der Waals surface area contributed by atoms with E-state index in [9.17, 15) is 9.59 Å². The molecule has 2 saturated carbocycles. The van der Waals surface area contributed by atoms with Crippen LogP contribution in [0.4, 0.5) is 0 Å². The lowest BCUT2D eigenvalue weighted by Crippen LogP contribution is -2.24. The first-order valence-corrected chi connectivity index (χ1v) is 10.1. The minimum Gasteiger partial charge on any atom is -0.423 e. The smallest absolute Gasteiger partial charge is 0.336 e. The number of rotatable bonds is 2. The number of carbonyl (C=O) groups is 1. The lowest BCUT2D eigenvalue weighted by molar-refractivity contribution is -0.118. The Bertz CT molecular complexity index is 1200. The van der Waals surface area contributed by atoms with Crippen LogP contribution in [0.15, 0.2) is 69.9 Å². The maximum atomic E-state index is 13.6. The molecule has 1 aromatic heterocycles. The summed E-state index contributed by atoms with van der Waals surface area (Å²) < 4.78 is 5.44. The van der Waals surface area contributed by atoms with Gasteiger partial charge in [-0.3, -0.25) is 4.79 Å². The lowest BCUT2D eigenvalue weighted by atomic mass is 9.76. The topological polar surface area (TPSA) is 47.3 Å². The number of para-hydroxylation sites is 1. The van der Waals surface area contributed by atoms with Gasteiger partial charge in [-0.25, -0.2) is 4.79 Å². The molecular weight excluding hydrogens is 348 g/mol. The van der Waals surface area contributed by atoms with Crippen LogP contribution in [0.2, 0.25) is 0 Å². The van der Waals surface area contributed by atoms with Crippen LogP contribution in [-0.4, -0.2) is 5.78 Å². The van der Waals surface area contributed by atoms with Crippen molar-refractivity contribution in [2.24, 2.45) is 23.7 Å². The second kappa shape index (κ2) is 5.78. The van der Waals surface area contributed by atoms with Gasteiger partial charge in [0.25, 0.3) is 0 Å². The van der Waals surface area contributed by atoms with Gasteiger partial charge in [-0.05, 0) is 59.8 Å². The largest absolute Gasteiger partial charge is 0.423 e. The fraction of sp³-hybridized carbons (Fsp3) is 0.280. The number of carbonyl (C=O) groups excluding carboxylic acids is 1. The minimum absolute atomic E-state index is 0.0787. The molecule has 0 aliphatic heterocycles. The molecule has 2 aromatic carbocycles. The molecule has 3 aliphatic rings. The van der Waals surface area contributed by atoms with E-state index in [1.807, 2.05) is 54.6 Å². The lowest BCUT2D eigenvalue weighted by Gasteiger charge is -2.26. The minimum atomic E-state index is -0.354. The highest BCUT2D eigenvalue weighted by Crippen LogP contribution is 2.63. The van der Waals surface area contributed by atoms with Gasteiger partial charge in [-0.15, -0.1) is 0 Å². The van der Waals surface area contributed by atoms with Crippen molar-refractivity contribution in [3.05, 3.63) is 82.2 Å². The van der Waals surface area contributed by atoms with Gasteiger partial charge in [-0.1, -0.05) is 48.5 Å². The van der Waals surface area contributed by atoms with E-state index in [4.69, 9.17) is 4.42 Å². The van der Waals surface area contributed by atoms with E-state index in [0.29, 0.717) is 17.4 Å². The second-order valence-corrected chi connectivity index (χ2v) is 8.38. The Morgan fingerprint density at radius 2 is 1.54 bits per heavy atom. The van der Waals surface area contributed by atoms with Gasteiger partial charge in [-0.2, -0.15) is 0 Å². The van der Waals surface area contributed by atoms with E-state index < -0.39 is 0 Å². The van der Waals surface area contributed by atoms with Crippen molar-refractivity contribution in [2.75, 3.05) is 0 Å². The fourth-order valence-corrected chi connectivity index (χ4v) is 6.10. The zero-order valence-corrected chi connectivity index (χ0v) is 15.4. The molecule has 0 amide bonds. The highest BCUT2D eigenvalue weighted by molar-refractivity contribution is 6.33. The van der Waals surface area contributed by atoms with Crippen molar-refractivity contribution < 1.29 is 9.21 Å². The third-order valence-corrected chi connectivity index (χ3v) is 7.07. The second-order valence-electron chi connectivity index (χ2n) is 8.38. The molecule has 0 unspecified atom stereocenters. The summed E-state index contributed by atoms with van der Waals surface area (Å²) in [6.45, 7) is 0. The van der Waals surface area contributed by atoms with Crippen LogP contribution in [0.5, 0.6) is 0 Å². The maximum absolute atomic E-state index is 13.6.